The molecule has 0 unspecified atom stereocenters. The molecule has 102 valence electrons. The lowest BCUT2D eigenvalue weighted by atomic mass is 10.3. The summed E-state index contributed by atoms with van der Waals surface area (Å²) in [6.45, 7) is 3.48. The average Bonchev–Trinajstić information content (AvgIpc) is 2.37. The monoisotopic (exact) mass is 271 g/mol. The van der Waals surface area contributed by atoms with Gasteiger partial charge in [-0.25, -0.2) is 8.42 Å². The predicted octanol–water partition coefficient (Wildman–Crippen LogP) is 0.843. The van der Waals surface area contributed by atoms with Crippen molar-refractivity contribution in [2.75, 3.05) is 25.9 Å². The fraction of sp³-hybridized carbons (Fsp3) is 0.583. The zero-order valence-corrected chi connectivity index (χ0v) is 11.8. The maximum absolute atomic E-state index is 12.1. The lowest BCUT2D eigenvalue weighted by molar-refractivity contribution is 0.422. The van der Waals surface area contributed by atoms with E-state index >= 15 is 0 Å². The second kappa shape index (κ2) is 7.45. The van der Waals surface area contributed by atoms with E-state index in [1.54, 1.807) is 12.4 Å². The molecule has 0 atom stereocenters. The molecule has 0 radical (unpaired) electrons. The maximum Gasteiger partial charge on any atom is 0.214 e. The zero-order chi connectivity index (χ0) is 13.4. The van der Waals surface area contributed by atoms with Crippen LogP contribution in [0, 0.1) is 0 Å². The van der Waals surface area contributed by atoms with E-state index in [1.807, 2.05) is 26.1 Å². The van der Waals surface area contributed by atoms with E-state index < -0.39 is 10.0 Å². The number of nitrogens with one attached hydrogen (secondary N) is 1. The Morgan fingerprint density at radius 3 is 2.56 bits per heavy atom. The minimum absolute atomic E-state index is 0.187. The minimum Gasteiger partial charge on any atom is -0.320 e. The first kappa shape index (κ1) is 15.1. The van der Waals surface area contributed by atoms with Crippen LogP contribution in [0.25, 0.3) is 0 Å². The fourth-order valence-electron chi connectivity index (χ4n) is 1.66. The first-order chi connectivity index (χ1) is 8.60. The summed E-state index contributed by atoms with van der Waals surface area (Å²) in [5.41, 5.74) is 0.962. The molecule has 0 saturated heterocycles. The summed E-state index contributed by atoms with van der Waals surface area (Å²) in [6, 6.07) is 3.68. The van der Waals surface area contributed by atoms with Crippen molar-refractivity contribution in [3.05, 3.63) is 30.1 Å². The fourth-order valence-corrected chi connectivity index (χ4v) is 3.17. The number of rotatable bonds is 8. The molecule has 0 bridgehead atoms. The van der Waals surface area contributed by atoms with Crippen molar-refractivity contribution < 1.29 is 8.42 Å². The number of sulfonamides is 1. The number of hydrogen-bond acceptors (Lipinski definition) is 4. The molecule has 0 amide bonds. The highest BCUT2D eigenvalue weighted by atomic mass is 32.2. The van der Waals surface area contributed by atoms with Crippen molar-refractivity contribution in [1.29, 1.82) is 0 Å². The van der Waals surface area contributed by atoms with Gasteiger partial charge in [0.2, 0.25) is 10.0 Å². The van der Waals surface area contributed by atoms with Crippen LogP contribution >= 0.6 is 0 Å². The second-order valence-corrected chi connectivity index (χ2v) is 6.14. The molecule has 0 aliphatic rings. The third kappa shape index (κ3) is 4.72. The lowest BCUT2D eigenvalue weighted by Gasteiger charge is -2.20. The molecule has 0 aromatic carbocycles. The van der Waals surface area contributed by atoms with Crippen LogP contribution in [0.3, 0.4) is 0 Å². The Kier molecular flexibility index (Phi) is 6.24. The zero-order valence-electron chi connectivity index (χ0n) is 11.0. The highest BCUT2D eigenvalue weighted by Gasteiger charge is 2.19. The third-order valence-electron chi connectivity index (χ3n) is 2.68. The SMILES string of the molecule is CCN(Cc1ccncc1)S(=O)(=O)CCCNC. The molecular formula is C12H21N3O2S. The molecule has 0 aliphatic heterocycles. The van der Waals surface area contributed by atoms with Crippen molar-refractivity contribution in [1.82, 2.24) is 14.6 Å². The summed E-state index contributed by atoms with van der Waals surface area (Å²) >= 11 is 0. The summed E-state index contributed by atoms with van der Waals surface area (Å²) < 4.78 is 25.8. The minimum atomic E-state index is -3.17. The van der Waals surface area contributed by atoms with E-state index in [9.17, 15) is 8.42 Å². The average molecular weight is 271 g/mol. The molecule has 18 heavy (non-hydrogen) atoms. The van der Waals surface area contributed by atoms with Crippen LogP contribution in [0.5, 0.6) is 0 Å². The molecule has 0 aliphatic carbocycles. The van der Waals surface area contributed by atoms with Crippen LogP contribution < -0.4 is 5.32 Å². The highest BCUT2D eigenvalue weighted by molar-refractivity contribution is 7.89. The van der Waals surface area contributed by atoms with E-state index in [0.29, 0.717) is 26.1 Å². The van der Waals surface area contributed by atoms with Gasteiger partial charge in [0, 0.05) is 25.5 Å². The van der Waals surface area contributed by atoms with Gasteiger partial charge in [-0.15, -0.1) is 0 Å². The van der Waals surface area contributed by atoms with E-state index in [0.717, 1.165) is 5.56 Å². The van der Waals surface area contributed by atoms with Gasteiger partial charge < -0.3 is 5.32 Å². The van der Waals surface area contributed by atoms with Gasteiger partial charge in [0.15, 0.2) is 0 Å². The summed E-state index contributed by atoms with van der Waals surface area (Å²) in [7, 11) is -1.35. The van der Waals surface area contributed by atoms with Gasteiger partial charge in [0.05, 0.1) is 5.75 Å². The van der Waals surface area contributed by atoms with E-state index in [1.165, 1.54) is 4.31 Å². The Balaban J connectivity index is 2.65. The Hall–Kier alpha value is -0.980. The molecule has 6 heteroatoms. The standard InChI is InChI=1S/C12H21N3O2S/c1-3-15(11-12-5-8-14-9-6-12)18(16,17)10-4-7-13-2/h5-6,8-9,13H,3-4,7,10-11H2,1-2H3. The molecule has 0 saturated carbocycles. The number of hydrogen-bond donors (Lipinski definition) is 1. The summed E-state index contributed by atoms with van der Waals surface area (Å²) in [5.74, 6) is 0.187. The van der Waals surface area contributed by atoms with Crippen molar-refractivity contribution in [3.63, 3.8) is 0 Å². The van der Waals surface area contributed by atoms with Crippen LogP contribution in [0.2, 0.25) is 0 Å². The Morgan fingerprint density at radius 2 is 2.00 bits per heavy atom. The first-order valence-corrected chi connectivity index (χ1v) is 7.72. The quantitative estimate of drug-likeness (QED) is 0.712. The normalized spacial score (nSPS) is 11.9. The van der Waals surface area contributed by atoms with E-state index in [-0.39, 0.29) is 5.75 Å². The second-order valence-electron chi connectivity index (χ2n) is 4.05. The van der Waals surface area contributed by atoms with Crippen LogP contribution in [0.4, 0.5) is 0 Å². The molecule has 1 aromatic rings. The van der Waals surface area contributed by atoms with Crippen LogP contribution in [0.1, 0.15) is 18.9 Å². The Bertz CT molecular complexity index is 434. The van der Waals surface area contributed by atoms with E-state index in [4.69, 9.17) is 0 Å². The number of pyridine rings is 1. The van der Waals surface area contributed by atoms with Gasteiger partial charge in [0.25, 0.3) is 0 Å². The summed E-state index contributed by atoms with van der Waals surface area (Å²) in [4.78, 5) is 3.93. The van der Waals surface area contributed by atoms with Gasteiger partial charge in [-0.3, -0.25) is 4.98 Å². The van der Waals surface area contributed by atoms with Crippen molar-refractivity contribution in [3.8, 4) is 0 Å². The molecular weight excluding hydrogens is 250 g/mol. The van der Waals surface area contributed by atoms with Crippen LogP contribution in [-0.2, 0) is 16.6 Å². The van der Waals surface area contributed by atoms with Gasteiger partial charge >= 0.3 is 0 Å². The van der Waals surface area contributed by atoms with Gasteiger partial charge in [-0.05, 0) is 37.7 Å². The predicted molar refractivity (Wildman–Crippen MR) is 72.7 cm³/mol. The number of nitrogens with zero attached hydrogens (tertiary/aromatic N) is 2. The molecule has 1 rings (SSSR count). The largest absolute Gasteiger partial charge is 0.320 e. The Labute approximate surface area is 109 Å². The molecule has 0 spiro atoms. The number of aromatic nitrogens is 1. The molecule has 1 N–H and O–H groups in total. The lowest BCUT2D eigenvalue weighted by Crippen LogP contribution is -2.33. The smallest absolute Gasteiger partial charge is 0.214 e. The molecule has 1 aromatic heterocycles. The topological polar surface area (TPSA) is 62.3 Å². The van der Waals surface area contributed by atoms with E-state index in [2.05, 4.69) is 10.3 Å². The summed E-state index contributed by atoms with van der Waals surface area (Å²) in [5, 5.41) is 2.96. The first-order valence-electron chi connectivity index (χ1n) is 6.11. The van der Waals surface area contributed by atoms with Crippen molar-refractivity contribution in [2.24, 2.45) is 0 Å². The summed E-state index contributed by atoms with van der Waals surface area (Å²) in [6.07, 6.45) is 3.99. The third-order valence-corrected chi connectivity index (χ3v) is 4.66. The molecule has 5 nitrogen and oxygen atoms in total. The Morgan fingerprint density at radius 1 is 1.33 bits per heavy atom. The molecule has 0 fully saturated rings. The van der Waals surface area contributed by atoms with Crippen molar-refractivity contribution in [2.45, 2.75) is 19.9 Å². The van der Waals surface area contributed by atoms with Crippen LogP contribution in [0.15, 0.2) is 24.5 Å². The van der Waals surface area contributed by atoms with Crippen LogP contribution in [-0.4, -0.2) is 43.6 Å². The maximum atomic E-state index is 12.1. The van der Waals surface area contributed by atoms with Crippen molar-refractivity contribution >= 4 is 10.0 Å². The highest BCUT2D eigenvalue weighted by Crippen LogP contribution is 2.09. The molecule has 1 heterocycles. The van der Waals surface area contributed by atoms with Gasteiger partial charge in [-0.2, -0.15) is 4.31 Å². The van der Waals surface area contributed by atoms with Gasteiger partial charge in [0.1, 0.15) is 0 Å². The van der Waals surface area contributed by atoms with Gasteiger partial charge in [-0.1, -0.05) is 6.92 Å².